The van der Waals surface area contributed by atoms with Gasteiger partial charge in [-0.1, -0.05) is 15.9 Å². The Balaban J connectivity index is 0.000000718. The molecule has 0 saturated carbocycles. The van der Waals surface area contributed by atoms with Gasteiger partial charge in [-0.25, -0.2) is 9.59 Å². The highest BCUT2D eigenvalue weighted by atomic mass is 79.9. The molecule has 2 aromatic carbocycles. The zero-order valence-electron chi connectivity index (χ0n) is 18.7. The van der Waals surface area contributed by atoms with E-state index in [9.17, 15) is 27.9 Å². The molecule has 2 rings (SSSR count). The second kappa shape index (κ2) is 12.9. The standard InChI is InChI=1S/C20H24BrN3O3.C2HF3O2/c1-4-24(12-11-23(2)3)18-10-9-16(13-17(18)20(26)27)22-19(25)14-5-7-15(21)8-6-14;3-2(4,5)1(6)7/h5-10,13H,4,11-12H2,1-3H3,(H,22,25)(H,26,27);(H,6,7). The molecule has 0 unspecified atom stereocenters. The van der Waals surface area contributed by atoms with E-state index in [-0.39, 0.29) is 11.5 Å². The normalized spacial score (nSPS) is 10.8. The predicted molar refractivity (Wildman–Crippen MR) is 126 cm³/mol. The van der Waals surface area contributed by atoms with E-state index in [0.717, 1.165) is 11.0 Å². The summed E-state index contributed by atoms with van der Waals surface area (Å²) < 4.78 is 32.6. The lowest BCUT2D eigenvalue weighted by molar-refractivity contribution is -0.192. The average Bonchev–Trinajstić information content (AvgIpc) is 2.74. The van der Waals surface area contributed by atoms with Gasteiger partial charge in [0.2, 0.25) is 0 Å². The van der Waals surface area contributed by atoms with E-state index in [1.54, 1.807) is 36.4 Å². The van der Waals surface area contributed by atoms with Gasteiger partial charge in [-0.3, -0.25) is 4.79 Å². The molecule has 12 heteroatoms. The summed E-state index contributed by atoms with van der Waals surface area (Å²) in [7, 11) is 3.96. The van der Waals surface area contributed by atoms with Crippen LogP contribution in [0.15, 0.2) is 46.9 Å². The summed E-state index contributed by atoms with van der Waals surface area (Å²) in [6.45, 7) is 4.21. The van der Waals surface area contributed by atoms with Crippen LogP contribution in [0.4, 0.5) is 24.5 Å². The van der Waals surface area contributed by atoms with Crippen LogP contribution >= 0.6 is 15.9 Å². The zero-order valence-corrected chi connectivity index (χ0v) is 20.3. The van der Waals surface area contributed by atoms with Crippen LogP contribution in [0.1, 0.15) is 27.6 Å². The Morgan fingerprint density at radius 1 is 1.00 bits per heavy atom. The van der Waals surface area contributed by atoms with Gasteiger partial charge in [0.05, 0.1) is 11.3 Å². The minimum absolute atomic E-state index is 0.171. The van der Waals surface area contributed by atoms with Crippen molar-refractivity contribution in [3.63, 3.8) is 0 Å². The van der Waals surface area contributed by atoms with E-state index < -0.39 is 18.1 Å². The smallest absolute Gasteiger partial charge is 0.478 e. The van der Waals surface area contributed by atoms with E-state index in [4.69, 9.17) is 9.90 Å². The molecular formula is C22H25BrF3N3O5. The van der Waals surface area contributed by atoms with E-state index in [1.165, 1.54) is 6.07 Å². The van der Waals surface area contributed by atoms with Crippen molar-refractivity contribution in [2.75, 3.05) is 43.9 Å². The third-order valence-corrected chi connectivity index (χ3v) is 4.90. The number of amides is 1. The van der Waals surface area contributed by atoms with Crippen molar-refractivity contribution in [1.29, 1.82) is 0 Å². The van der Waals surface area contributed by atoms with Gasteiger partial charge in [0.1, 0.15) is 0 Å². The minimum Gasteiger partial charge on any atom is -0.478 e. The number of carbonyl (C=O) groups excluding carboxylic acids is 1. The lowest BCUT2D eigenvalue weighted by Gasteiger charge is -2.26. The van der Waals surface area contributed by atoms with Gasteiger partial charge in [-0.05, 0) is 63.5 Å². The summed E-state index contributed by atoms with van der Waals surface area (Å²) in [5, 5.41) is 19.5. The number of hydrogen-bond donors (Lipinski definition) is 3. The highest BCUT2D eigenvalue weighted by Crippen LogP contribution is 2.25. The van der Waals surface area contributed by atoms with E-state index in [0.29, 0.717) is 30.0 Å². The first-order valence-corrected chi connectivity index (χ1v) is 10.7. The first-order valence-electron chi connectivity index (χ1n) is 9.90. The van der Waals surface area contributed by atoms with Gasteiger partial charge in [0.15, 0.2) is 0 Å². The number of carbonyl (C=O) groups is 3. The third-order valence-electron chi connectivity index (χ3n) is 4.37. The Hall–Kier alpha value is -3.12. The molecule has 0 aliphatic carbocycles. The van der Waals surface area contributed by atoms with Crippen molar-refractivity contribution in [2.24, 2.45) is 0 Å². The molecule has 0 aliphatic rings. The minimum atomic E-state index is -5.08. The van der Waals surface area contributed by atoms with Crippen LogP contribution in [0.2, 0.25) is 0 Å². The number of carboxylic acid groups (broad SMARTS) is 2. The molecule has 0 heterocycles. The summed E-state index contributed by atoms with van der Waals surface area (Å²) in [4.78, 5) is 37.1. The van der Waals surface area contributed by atoms with Crippen molar-refractivity contribution < 1.29 is 37.8 Å². The van der Waals surface area contributed by atoms with Crippen molar-refractivity contribution in [1.82, 2.24) is 4.90 Å². The Kier molecular flexibility index (Phi) is 11.0. The second-order valence-electron chi connectivity index (χ2n) is 7.18. The number of aromatic carboxylic acids is 1. The van der Waals surface area contributed by atoms with Crippen molar-refractivity contribution in [3.8, 4) is 0 Å². The molecule has 186 valence electrons. The van der Waals surface area contributed by atoms with Crippen LogP contribution in [-0.2, 0) is 4.79 Å². The molecular weight excluding hydrogens is 523 g/mol. The van der Waals surface area contributed by atoms with Gasteiger partial charge in [-0.15, -0.1) is 0 Å². The van der Waals surface area contributed by atoms with Crippen molar-refractivity contribution >= 4 is 45.2 Å². The molecule has 0 aliphatic heterocycles. The largest absolute Gasteiger partial charge is 0.490 e. The SMILES string of the molecule is CCN(CCN(C)C)c1ccc(NC(=O)c2ccc(Br)cc2)cc1C(=O)O.O=C(O)C(F)(F)F. The van der Waals surface area contributed by atoms with Crippen LogP contribution in [0.5, 0.6) is 0 Å². The fraction of sp³-hybridized carbons (Fsp3) is 0.318. The summed E-state index contributed by atoms with van der Waals surface area (Å²) in [5.74, 6) is -4.06. The molecule has 34 heavy (non-hydrogen) atoms. The summed E-state index contributed by atoms with van der Waals surface area (Å²) >= 11 is 3.33. The van der Waals surface area contributed by atoms with Crippen LogP contribution < -0.4 is 10.2 Å². The number of anilines is 2. The van der Waals surface area contributed by atoms with Crippen molar-refractivity contribution in [2.45, 2.75) is 13.1 Å². The zero-order chi connectivity index (χ0) is 26.1. The van der Waals surface area contributed by atoms with Gasteiger partial charge in [-0.2, -0.15) is 13.2 Å². The fourth-order valence-corrected chi connectivity index (χ4v) is 2.90. The van der Waals surface area contributed by atoms with Gasteiger partial charge >= 0.3 is 18.1 Å². The van der Waals surface area contributed by atoms with Crippen LogP contribution in [0, 0.1) is 0 Å². The van der Waals surface area contributed by atoms with Crippen LogP contribution in [-0.4, -0.2) is 72.9 Å². The number of rotatable bonds is 8. The van der Waals surface area contributed by atoms with Crippen LogP contribution in [0.3, 0.4) is 0 Å². The lowest BCUT2D eigenvalue weighted by atomic mass is 10.1. The maximum Gasteiger partial charge on any atom is 0.490 e. The van der Waals surface area contributed by atoms with E-state index >= 15 is 0 Å². The van der Waals surface area contributed by atoms with E-state index in [2.05, 4.69) is 26.1 Å². The predicted octanol–water partition coefficient (Wildman–Crippen LogP) is 4.42. The summed E-state index contributed by atoms with van der Waals surface area (Å²) in [6, 6.07) is 12.0. The molecule has 2 aromatic rings. The molecule has 0 bridgehead atoms. The number of nitrogens with zero attached hydrogens (tertiary/aromatic N) is 2. The molecule has 3 N–H and O–H groups in total. The summed E-state index contributed by atoms with van der Waals surface area (Å²) in [6.07, 6.45) is -5.08. The van der Waals surface area contributed by atoms with Crippen molar-refractivity contribution in [3.05, 3.63) is 58.1 Å². The lowest BCUT2D eigenvalue weighted by Crippen LogP contribution is -2.32. The Bertz CT molecular complexity index is 998. The highest BCUT2D eigenvalue weighted by Gasteiger charge is 2.38. The molecule has 0 spiro atoms. The number of likely N-dealkylation sites (N-methyl/N-ethyl adjacent to an activating group) is 2. The maximum atomic E-state index is 12.4. The molecule has 0 saturated heterocycles. The number of carboxylic acids is 2. The average molecular weight is 548 g/mol. The quantitative estimate of drug-likeness (QED) is 0.448. The fourth-order valence-electron chi connectivity index (χ4n) is 2.63. The summed E-state index contributed by atoms with van der Waals surface area (Å²) in [5.41, 5.74) is 1.77. The third kappa shape index (κ3) is 9.40. The number of aliphatic carboxylic acids is 1. The number of alkyl halides is 3. The number of halogens is 4. The molecule has 0 radical (unpaired) electrons. The maximum absolute atomic E-state index is 12.4. The Morgan fingerprint density at radius 3 is 2.00 bits per heavy atom. The van der Waals surface area contributed by atoms with Gasteiger partial charge < -0.3 is 25.3 Å². The Labute approximate surface area is 203 Å². The molecule has 0 atom stereocenters. The molecule has 1 amide bonds. The topological polar surface area (TPSA) is 110 Å². The first kappa shape index (κ1) is 28.9. The van der Waals surface area contributed by atoms with E-state index in [1.807, 2.05) is 25.9 Å². The number of hydrogen-bond acceptors (Lipinski definition) is 5. The monoisotopic (exact) mass is 547 g/mol. The molecule has 8 nitrogen and oxygen atoms in total. The van der Waals surface area contributed by atoms with Gasteiger partial charge in [0.25, 0.3) is 5.91 Å². The molecule has 0 aromatic heterocycles. The number of nitrogens with one attached hydrogen (secondary N) is 1. The first-order chi connectivity index (χ1) is 15.8. The number of benzene rings is 2. The second-order valence-corrected chi connectivity index (χ2v) is 8.10. The highest BCUT2D eigenvalue weighted by molar-refractivity contribution is 9.10. The van der Waals surface area contributed by atoms with Gasteiger partial charge in [0, 0.05) is 35.4 Å². The van der Waals surface area contributed by atoms with Crippen LogP contribution in [0.25, 0.3) is 0 Å². The Morgan fingerprint density at radius 2 is 1.56 bits per heavy atom. The molecule has 0 fully saturated rings.